The van der Waals surface area contributed by atoms with E-state index >= 15 is 0 Å². The molecule has 0 fully saturated rings. The standard InChI is InChI=1S/C16H25ClN2O2/c1-4-13(5-2)19-16(20)11(3)21-15-12(9-10-18)7-6-8-14(15)17/h6-8,11,13H,4-5,9-10,18H2,1-3H3,(H,19,20). The molecule has 0 aliphatic heterocycles. The van der Waals surface area contributed by atoms with Crippen molar-refractivity contribution in [3.05, 3.63) is 28.8 Å². The van der Waals surface area contributed by atoms with Crippen LogP contribution in [-0.4, -0.2) is 24.6 Å². The summed E-state index contributed by atoms with van der Waals surface area (Å²) in [5.41, 5.74) is 6.52. The number of carbonyl (C=O) groups excluding carboxylic acids is 1. The SMILES string of the molecule is CCC(CC)NC(=O)C(C)Oc1c(Cl)cccc1CCN. The van der Waals surface area contributed by atoms with Crippen LogP contribution < -0.4 is 15.8 Å². The van der Waals surface area contributed by atoms with Gasteiger partial charge in [-0.1, -0.05) is 37.6 Å². The molecular weight excluding hydrogens is 288 g/mol. The van der Waals surface area contributed by atoms with E-state index in [1.807, 2.05) is 26.0 Å². The molecule has 0 saturated heterocycles. The van der Waals surface area contributed by atoms with Crippen molar-refractivity contribution in [3.63, 3.8) is 0 Å². The fourth-order valence-corrected chi connectivity index (χ4v) is 2.32. The summed E-state index contributed by atoms with van der Waals surface area (Å²) < 4.78 is 5.78. The minimum absolute atomic E-state index is 0.123. The van der Waals surface area contributed by atoms with Gasteiger partial charge in [-0.25, -0.2) is 0 Å². The summed E-state index contributed by atoms with van der Waals surface area (Å²) in [6, 6.07) is 5.70. The zero-order valence-corrected chi connectivity index (χ0v) is 13.7. The van der Waals surface area contributed by atoms with Crippen LogP contribution in [0.4, 0.5) is 0 Å². The second-order valence-corrected chi connectivity index (χ2v) is 5.46. The van der Waals surface area contributed by atoms with Gasteiger partial charge in [0.1, 0.15) is 5.75 Å². The summed E-state index contributed by atoms with van der Waals surface area (Å²) in [4.78, 5) is 12.2. The summed E-state index contributed by atoms with van der Waals surface area (Å²) in [6.45, 7) is 6.33. The number of benzene rings is 1. The number of nitrogens with one attached hydrogen (secondary N) is 1. The Morgan fingerprint density at radius 1 is 1.38 bits per heavy atom. The van der Waals surface area contributed by atoms with Gasteiger partial charge in [0.25, 0.3) is 5.91 Å². The van der Waals surface area contributed by atoms with Gasteiger partial charge in [-0.3, -0.25) is 4.79 Å². The molecule has 0 radical (unpaired) electrons. The van der Waals surface area contributed by atoms with Crippen molar-refractivity contribution in [2.45, 2.75) is 52.2 Å². The Bertz CT molecular complexity index is 462. The third-order valence-corrected chi connectivity index (χ3v) is 3.76. The normalized spacial score (nSPS) is 12.3. The molecule has 1 aromatic rings. The van der Waals surface area contributed by atoms with Gasteiger partial charge in [-0.05, 0) is 44.4 Å². The Morgan fingerprint density at radius 2 is 2.05 bits per heavy atom. The minimum atomic E-state index is -0.595. The lowest BCUT2D eigenvalue weighted by Crippen LogP contribution is -2.42. The van der Waals surface area contributed by atoms with Crippen molar-refractivity contribution in [2.75, 3.05) is 6.54 Å². The quantitative estimate of drug-likeness (QED) is 0.775. The number of ether oxygens (including phenoxy) is 1. The van der Waals surface area contributed by atoms with E-state index in [1.54, 1.807) is 13.0 Å². The fourth-order valence-electron chi connectivity index (χ4n) is 2.08. The van der Waals surface area contributed by atoms with Crippen molar-refractivity contribution in [1.29, 1.82) is 0 Å². The number of hydrogen-bond acceptors (Lipinski definition) is 3. The lowest BCUT2D eigenvalue weighted by molar-refractivity contribution is -0.128. The average molecular weight is 313 g/mol. The van der Waals surface area contributed by atoms with Gasteiger partial charge < -0.3 is 15.8 Å². The molecule has 0 aliphatic carbocycles. The van der Waals surface area contributed by atoms with E-state index in [2.05, 4.69) is 5.32 Å². The topological polar surface area (TPSA) is 64.3 Å². The number of para-hydroxylation sites is 1. The Kier molecular flexibility index (Phi) is 7.54. The molecule has 0 heterocycles. The van der Waals surface area contributed by atoms with E-state index in [0.29, 0.717) is 23.7 Å². The third kappa shape index (κ3) is 5.21. The van der Waals surface area contributed by atoms with Gasteiger partial charge in [0, 0.05) is 6.04 Å². The van der Waals surface area contributed by atoms with E-state index in [1.165, 1.54) is 0 Å². The summed E-state index contributed by atoms with van der Waals surface area (Å²) >= 11 is 6.18. The maximum absolute atomic E-state index is 12.2. The molecule has 5 heteroatoms. The van der Waals surface area contributed by atoms with Crippen LogP contribution in [0.15, 0.2) is 18.2 Å². The molecule has 21 heavy (non-hydrogen) atoms. The molecule has 1 unspecified atom stereocenters. The maximum atomic E-state index is 12.2. The molecule has 0 aliphatic rings. The van der Waals surface area contributed by atoms with Gasteiger partial charge in [0.05, 0.1) is 5.02 Å². The van der Waals surface area contributed by atoms with Crippen molar-refractivity contribution in [2.24, 2.45) is 5.73 Å². The molecule has 0 saturated carbocycles. The first-order valence-electron chi connectivity index (χ1n) is 7.47. The number of rotatable bonds is 8. The van der Waals surface area contributed by atoms with Crippen molar-refractivity contribution in [3.8, 4) is 5.75 Å². The van der Waals surface area contributed by atoms with Crippen LogP contribution in [0, 0.1) is 0 Å². The maximum Gasteiger partial charge on any atom is 0.260 e. The number of nitrogens with two attached hydrogens (primary N) is 1. The smallest absolute Gasteiger partial charge is 0.260 e. The highest BCUT2D eigenvalue weighted by Gasteiger charge is 2.19. The van der Waals surface area contributed by atoms with E-state index < -0.39 is 6.10 Å². The van der Waals surface area contributed by atoms with E-state index in [9.17, 15) is 4.79 Å². The second-order valence-electron chi connectivity index (χ2n) is 5.05. The highest BCUT2D eigenvalue weighted by atomic mass is 35.5. The van der Waals surface area contributed by atoms with Crippen LogP contribution in [0.3, 0.4) is 0 Å². The van der Waals surface area contributed by atoms with Crippen LogP contribution in [0.5, 0.6) is 5.75 Å². The van der Waals surface area contributed by atoms with Gasteiger partial charge >= 0.3 is 0 Å². The molecule has 1 atom stereocenters. The van der Waals surface area contributed by atoms with Crippen LogP contribution in [0.2, 0.25) is 5.02 Å². The minimum Gasteiger partial charge on any atom is -0.479 e. The molecule has 1 amide bonds. The Hall–Kier alpha value is -1.26. The molecule has 4 nitrogen and oxygen atoms in total. The predicted octanol–water partition coefficient (Wildman–Crippen LogP) is 2.91. The van der Waals surface area contributed by atoms with E-state index in [4.69, 9.17) is 22.1 Å². The Balaban J connectivity index is 2.78. The van der Waals surface area contributed by atoms with E-state index in [0.717, 1.165) is 18.4 Å². The Morgan fingerprint density at radius 3 is 2.62 bits per heavy atom. The number of halogens is 1. The molecule has 0 spiro atoms. The van der Waals surface area contributed by atoms with Crippen LogP contribution in [0.25, 0.3) is 0 Å². The zero-order valence-electron chi connectivity index (χ0n) is 13.0. The number of amides is 1. The number of hydrogen-bond donors (Lipinski definition) is 2. The first kappa shape index (κ1) is 17.8. The largest absolute Gasteiger partial charge is 0.479 e. The van der Waals surface area contributed by atoms with E-state index in [-0.39, 0.29) is 11.9 Å². The molecule has 0 aromatic heterocycles. The highest BCUT2D eigenvalue weighted by molar-refractivity contribution is 6.32. The average Bonchev–Trinajstić information content (AvgIpc) is 2.48. The lowest BCUT2D eigenvalue weighted by atomic mass is 10.1. The van der Waals surface area contributed by atoms with Gasteiger partial charge in [-0.2, -0.15) is 0 Å². The molecular formula is C16H25ClN2O2. The van der Waals surface area contributed by atoms with Gasteiger partial charge in [0.2, 0.25) is 0 Å². The summed E-state index contributed by atoms with van der Waals surface area (Å²) in [5.74, 6) is 0.430. The zero-order chi connectivity index (χ0) is 15.8. The van der Waals surface area contributed by atoms with Crippen LogP contribution in [-0.2, 0) is 11.2 Å². The first-order chi connectivity index (χ1) is 10.0. The highest BCUT2D eigenvalue weighted by Crippen LogP contribution is 2.29. The Labute approximate surface area is 132 Å². The molecule has 1 aromatic carbocycles. The van der Waals surface area contributed by atoms with Gasteiger partial charge in [0.15, 0.2) is 6.10 Å². The molecule has 118 valence electrons. The summed E-state index contributed by atoms with van der Waals surface area (Å²) in [6.07, 6.45) is 1.87. The van der Waals surface area contributed by atoms with Crippen molar-refractivity contribution in [1.82, 2.24) is 5.32 Å². The van der Waals surface area contributed by atoms with Crippen LogP contribution >= 0.6 is 11.6 Å². The molecule has 1 rings (SSSR count). The predicted molar refractivity (Wildman–Crippen MR) is 86.8 cm³/mol. The third-order valence-electron chi connectivity index (χ3n) is 3.46. The molecule has 0 bridgehead atoms. The summed E-state index contributed by atoms with van der Waals surface area (Å²) in [5, 5.41) is 3.48. The molecule has 3 N–H and O–H groups in total. The van der Waals surface area contributed by atoms with Crippen molar-refractivity contribution >= 4 is 17.5 Å². The fraction of sp³-hybridized carbons (Fsp3) is 0.562. The van der Waals surface area contributed by atoms with Gasteiger partial charge in [-0.15, -0.1) is 0 Å². The van der Waals surface area contributed by atoms with Crippen molar-refractivity contribution < 1.29 is 9.53 Å². The number of carbonyl (C=O) groups is 1. The summed E-state index contributed by atoms with van der Waals surface area (Å²) in [7, 11) is 0. The second kappa shape index (κ2) is 8.90. The first-order valence-corrected chi connectivity index (χ1v) is 7.85. The monoisotopic (exact) mass is 312 g/mol. The lowest BCUT2D eigenvalue weighted by Gasteiger charge is -2.21. The van der Waals surface area contributed by atoms with Crippen LogP contribution in [0.1, 0.15) is 39.2 Å².